The van der Waals surface area contributed by atoms with E-state index in [2.05, 4.69) is 5.32 Å². The van der Waals surface area contributed by atoms with Gasteiger partial charge in [0, 0.05) is 31.7 Å². The third kappa shape index (κ3) is 4.36. The topological polar surface area (TPSA) is 82.9 Å². The lowest BCUT2D eigenvalue weighted by atomic mass is 10.1. The number of piperazine rings is 1. The summed E-state index contributed by atoms with van der Waals surface area (Å²) in [6, 6.07) is 7.09. The highest BCUT2D eigenvalue weighted by Gasteiger charge is 2.25. The van der Waals surface area contributed by atoms with E-state index in [9.17, 15) is 14.4 Å². The van der Waals surface area contributed by atoms with Crippen molar-refractivity contribution in [2.45, 2.75) is 13.8 Å². The predicted octanol–water partition coefficient (Wildman–Crippen LogP) is 1.61. The van der Waals surface area contributed by atoms with Crippen LogP contribution in [0.4, 0.5) is 0 Å². The van der Waals surface area contributed by atoms with Gasteiger partial charge < -0.3 is 19.5 Å². The summed E-state index contributed by atoms with van der Waals surface area (Å²) >= 11 is 0. The monoisotopic (exact) mass is 369 g/mol. The van der Waals surface area contributed by atoms with Gasteiger partial charge in [-0.15, -0.1) is 0 Å². The third-order valence-corrected chi connectivity index (χ3v) is 4.86. The molecule has 1 aromatic heterocycles. The Morgan fingerprint density at radius 2 is 1.67 bits per heavy atom. The molecule has 3 rings (SSSR count). The normalized spacial score (nSPS) is 14.1. The van der Waals surface area contributed by atoms with Gasteiger partial charge in [0.2, 0.25) is 5.91 Å². The van der Waals surface area contributed by atoms with Crippen molar-refractivity contribution in [3.63, 3.8) is 0 Å². The maximum atomic E-state index is 12.4. The van der Waals surface area contributed by atoms with Gasteiger partial charge in [-0.2, -0.15) is 0 Å². The fourth-order valence-corrected chi connectivity index (χ4v) is 2.98. The van der Waals surface area contributed by atoms with Crippen LogP contribution in [0.1, 0.15) is 31.8 Å². The van der Waals surface area contributed by atoms with Gasteiger partial charge in [0.15, 0.2) is 0 Å². The average molecular weight is 369 g/mol. The molecule has 0 spiro atoms. The number of benzene rings is 1. The molecule has 2 heterocycles. The van der Waals surface area contributed by atoms with Crippen LogP contribution in [0.3, 0.4) is 0 Å². The van der Waals surface area contributed by atoms with Crippen molar-refractivity contribution in [3.8, 4) is 0 Å². The van der Waals surface area contributed by atoms with E-state index in [1.807, 2.05) is 26.0 Å². The summed E-state index contributed by atoms with van der Waals surface area (Å²) in [6.45, 7) is 5.69. The van der Waals surface area contributed by atoms with Crippen LogP contribution in [0.25, 0.3) is 0 Å². The predicted molar refractivity (Wildman–Crippen MR) is 99.4 cm³/mol. The second-order valence-electron chi connectivity index (χ2n) is 6.67. The Kier molecular flexibility index (Phi) is 5.59. The molecule has 0 aliphatic carbocycles. The summed E-state index contributed by atoms with van der Waals surface area (Å²) in [7, 11) is 0. The van der Waals surface area contributed by atoms with Crippen LogP contribution in [-0.2, 0) is 4.79 Å². The molecule has 7 heteroatoms. The number of furan rings is 1. The number of amides is 3. The molecule has 3 amide bonds. The van der Waals surface area contributed by atoms with Crippen LogP contribution in [0.15, 0.2) is 41.2 Å². The van der Waals surface area contributed by atoms with Crippen LogP contribution in [0.2, 0.25) is 0 Å². The molecule has 0 atom stereocenters. The molecule has 1 saturated heterocycles. The van der Waals surface area contributed by atoms with Crippen molar-refractivity contribution in [2.24, 2.45) is 0 Å². The van der Waals surface area contributed by atoms with E-state index in [1.54, 1.807) is 21.9 Å². The minimum atomic E-state index is -0.264. The Balaban J connectivity index is 1.47. The number of nitrogens with zero attached hydrogens (tertiary/aromatic N) is 2. The van der Waals surface area contributed by atoms with Crippen molar-refractivity contribution < 1.29 is 18.8 Å². The number of carbonyl (C=O) groups is 3. The molecule has 0 bridgehead atoms. The number of nitrogens with one attached hydrogen (secondary N) is 1. The highest BCUT2D eigenvalue weighted by molar-refractivity contribution is 5.97. The molecule has 1 fully saturated rings. The lowest BCUT2D eigenvalue weighted by molar-refractivity contribution is -0.131. The van der Waals surface area contributed by atoms with Gasteiger partial charge in [-0.1, -0.05) is 6.07 Å². The first-order valence-electron chi connectivity index (χ1n) is 8.90. The standard InChI is InChI=1S/C20H23N3O4/c1-14-3-4-16(11-15(14)2)19(25)21-12-18(24)22-6-8-23(9-7-22)20(26)17-5-10-27-13-17/h3-5,10-11,13H,6-9,12H2,1-2H3,(H,21,25). The lowest BCUT2D eigenvalue weighted by Gasteiger charge is -2.34. The van der Waals surface area contributed by atoms with Crippen LogP contribution >= 0.6 is 0 Å². The van der Waals surface area contributed by atoms with Gasteiger partial charge >= 0.3 is 0 Å². The average Bonchev–Trinajstić information content (AvgIpc) is 3.22. The van der Waals surface area contributed by atoms with Crippen molar-refractivity contribution in [3.05, 3.63) is 59.0 Å². The van der Waals surface area contributed by atoms with E-state index in [0.717, 1.165) is 11.1 Å². The summed E-state index contributed by atoms with van der Waals surface area (Å²) in [4.78, 5) is 40.2. The van der Waals surface area contributed by atoms with Crippen LogP contribution in [0.5, 0.6) is 0 Å². The number of hydrogen-bond acceptors (Lipinski definition) is 4. The van der Waals surface area contributed by atoms with Crippen molar-refractivity contribution >= 4 is 17.7 Å². The zero-order chi connectivity index (χ0) is 19.4. The summed E-state index contributed by atoms with van der Waals surface area (Å²) in [5, 5.41) is 2.68. The molecule has 27 heavy (non-hydrogen) atoms. The molecular formula is C20H23N3O4. The van der Waals surface area contributed by atoms with Gasteiger partial charge in [0.1, 0.15) is 6.26 Å². The molecule has 0 radical (unpaired) electrons. The number of carbonyl (C=O) groups excluding carboxylic acids is 3. The second-order valence-corrected chi connectivity index (χ2v) is 6.67. The first-order chi connectivity index (χ1) is 13.0. The Labute approximate surface area is 157 Å². The van der Waals surface area contributed by atoms with Crippen molar-refractivity contribution in [1.82, 2.24) is 15.1 Å². The minimum absolute atomic E-state index is 0.0541. The maximum Gasteiger partial charge on any atom is 0.257 e. The van der Waals surface area contributed by atoms with Crippen LogP contribution < -0.4 is 5.32 Å². The fraction of sp³-hybridized carbons (Fsp3) is 0.350. The van der Waals surface area contributed by atoms with Gasteiger partial charge in [0.25, 0.3) is 11.8 Å². The molecule has 142 valence electrons. The van der Waals surface area contributed by atoms with E-state index < -0.39 is 0 Å². The second kappa shape index (κ2) is 8.07. The third-order valence-electron chi connectivity index (χ3n) is 4.86. The molecule has 1 aliphatic heterocycles. The van der Waals surface area contributed by atoms with E-state index in [-0.39, 0.29) is 24.3 Å². The zero-order valence-electron chi connectivity index (χ0n) is 15.5. The van der Waals surface area contributed by atoms with E-state index >= 15 is 0 Å². The molecular weight excluding hydrogens is 346 g/mol. The molecule has 1 aliphatic rings. The highest BCUT2D eigenvalue weighted by atomic mass is 16.3. The fourth-order valence-electron chi connectivity index (χ4n) is 2.98. The number of hydrogen-bond donors (Lipinski definition) is 1. The Bertz CT molecular complexity index is 837. The SMILES string of the molecule is Cc1ccc(C(=O)NCC(=O)N2CCN(C(=O)c3ccoc3)CC2)cc1C. The first kappa shape index (κ1) is 18.7. The van der Waals surface area contributed by atoms with Gasteiger partial charge in [-0.3, -0.25) is 14.4 Å². The Morgan fingerprint density at radius 1 is 0.963 bits per heavy atom. The molecule has 0 unspecified atom stereocenters. The van der Waals surface area contributed by atoms with Crippen molar-refractivity contribution in [1.29, 1.82) is 0 Å². The van der Waals surface area contributed by atoms with E-state index in [4.69, 9.17) is 4.42 Å². The first-order valence-corrected chi connectivity index (χ1v) is 8.90. The summed E-state index contributed by atoms with van der Waals surface area (Å²) in [5.74, 6) is -0.512. The quantitative estimate of drug-likeness (QED) is 0.888. The zero-order valence-corrected chi connectivity index (χ0v) is 15.5. The highest BCUT2D eigenvalue weighted by Crippen LogP contribution is 2.11. The van der Waals surface area contributed by atoms with E-state index in [0.29, 0.717) is 37.3 Å². The van der Waals surface area contributed by atoms with Gasteiger partial charge in [0.05, 0.1) is 18.4 Å². The Morgan fingerprint density at radius 3 is 2.30 bits per heavy atom. The summed E-state index contributed by atoms with van der Waals surface area (Å²) in [5.41, 5.74) is 3.20. The molecule has 7 nitrogen and oxygen atoms in total. The minimum Gasteiger partial charge on any atom is -0.472 e. The lowest BCUT2D eigenvalue weighted by Crippen LogP contribution is -2.52. The number of aryl methyl sites for hydroxylation is 2. The molecule has 1 N–H and O–H groups in total. The van der Waals surface area contributed by atoms with Crippen LogP contribution in [0, 0.1) is 13.8 Å². The maximum absolute atomic E-state index is 12.4. The molecule has 1 aromatic carbocycles. The number of rotatable bonds is 4. The van der Waals surface area contributed by atoms with Crippen molar-refractivity contribution in [2.75, 3.05) is 32.7 Å². The molecule has 2 aromatic rings. The van der Waals surface area contributed by atoms with Gasteiger partial charge in [-0.25, -0.2) is 0 Å². The van der Waals surface area contributed by atoms with Crippen LogP contribution in [-0.4, -0.2) is 60.2 Å². The summed E-state index contributed by atoms with van der Waals surface area (Å²) in [6.07, 6.45) is 2.88. The van der Waals surface area contributed by atoms with Gasteiger partial charge in [-0.05, 0) is 43.2 Å². The largest absolute Gasteiger partial charge is 0.472 e. The Hall–Kier alpha value is -3.09. The summed E-state index contributed by atoms with van der Waals surface area (Å²) < 4.78 is 4.94. The smallest absolute Gasteiger partial charge is 0.257 e. The van der Waals surface area contributed by atoms with E-state index in [1.165, 1.54) is 12.5 Å². The molecule has 0 saturated carbocycles.